The summed E-state index contributed by atoms with van der Waals surface area (Å²) >= 11 is 0. The van der Waals surface area contributed by atoms with Crippen molar-refractivity contribution in [3.05, 3.63) is 102 Å². The van der Waals surface area contributed by atoms with Crippen LogP contribution in [0.3, 0.4) is 0 Å². The second-order valence-corrected chi connectivity index (χ2v) is 6.58. The second kappa shape index (κ2) is 11.8. The van der Waals surface area contributed by atoms with Gasteiger partial charge in [-0.2, -0.15) is 13.2 Å². The Balaban J connectivity index is 0.000000316. The second-order valence-electron chi connectivity index (χ2n) is 6.58. The van der Waals surface area contributed by atoms with Crippen molar-refractivity contribution in [2.75, 3.05) is 13.7 Å². The third kappa shape index (κ3) is 8.14. The lowest BCUT2D eigenvalue weighted by molar-refractivity contribution is -0.137. The van der Waals surface area contributed by atoms with Gasteiger partial charge in [0.1, 0.15) is 5.75 Å². The number of nitrogens with one attached hydrogen (secondary N) is 1. The summed E-state index contributed by atoms with van der Waals surface area (Å²) in [6.45, 7) is 0.422. The van der Waals surface area contributed by atoms with Crippen LogP contribution in [0.15, 0.2) is 84.9 Å². The average Bonchev–Trinajstić information content (AvgIpc) is 2.78. The van der Waals surface area contributed by atoms with Crippen LogP contribution in [-0.2, 0) is 6.18 Å². The van der Waals surface area contributed by atoms with E-state index in [1.807, 2.05) is 37.4 Å². The summed E-state index contributed by atoms with van der Waals surface area (Å²) in [5, 5.41) is 11.6. The number of hydrogen-bond acceptors (Lipinski definition) is 3. The molecule has 4 nitrogen and oxygen atoms in total. The summed E-state index contributed by atoms with van der Waals surface area (Å²) in [6.07, 6.45) is -3.59. The Morgan fingerprint density at radius 2 is 1.48 bits per heavy atom. The average molecular weight is 431 g/mol. The number of halogens is 3. The summed E-state index contributed by atoms with van der Waals surface area (Å²) in [5.74, 6) is -0.438. The number of benzene rings is 3. The molecule has 0 saturated carbocycles. The van der Waals surface area contributed by atoms with Crippen molar-refractivity contribution < 1.29 is 27.8 Å². The molecule has 1 unspecified atom stereocenters. The van der Waals surface area contributed by atoms with Gasteiger partial charge in [0.25, 0.3) is 0 Å². The third-order valence-electron chi connectivity index (χ3n) is 4.43. The maximum Gasteiger partial charge on any atom is 0.416 e. The minimum Gasteiger partial charge on any atom is -0.494 e. The molecule has 0 aliphatic heterocycles. The number of rotatable bonds is 7. The van der Waals surface area contributed by atoms with E-state index in [1.54, 1.807) is 30.3 Å². The molecule has 0 saturated heterocycles. The summed E-state index contributed by atoms with van der Waals surface area (Å²) in [7, 11) is 1.87. The minimum absolute atomic E-state index is 0.149. The molecular formula is C24H24F3NO3. The van der Waals surface area contributed by atoms with Crippen molar-refractivity contribution >= 4 is 5.97 Å². The van der Waals surface area contributed by atoms with Crippen LogP contribution in [0, 0.1) is 0 Å². The zero-order valence-electron chi connectivity index (χ0n) is 17.0. The molecule has 164 valence electrons. The van der Waals surface area contributed by atoms with Crippen LogP contribution in [0.5, 0.6) is 5.75 Å². The molecule has 7 heteroatoms. The van der Waals surface area contributed by atoms with E-state index in [4.69, 9.17) is 9.84 Å². The van der Waals surface area contributed by atoms with Crippen LogP contribution >= 0.6 is 0 Å². The lowest BCUT2D eigenvalue weighted by atomic mass is 10.0. The van der Waals surface area contributed by atoms with Gasteiger partial charge in [-0.25, -0.2) is 4.79 Å². The summed E-state index contributed by atoms with van der Waals surface area (Å²) < 4.78 is 42.9. The number of carboxylic acid groups (broad SMARTS) is 1. The van der Waals surface area contributed by atoms with Gasteiger partial charge < -0.3 is 15.2 Å². The number of ether oxygens (including phenoxy) is 1. The van der Waals surface area contributed by atoms with E-state index in [0.29, 0.717) is 17.9 Å². The third-order valence-corrected chi connectivity index (χ3v) is 4.43. The molecule has 0 radical (unpaired) electrons. The maximum absolute atomic E-state index is 12.5. The molecule has 0 amide bonds. The van der Waals surface area contributed by atoms with Gasteiger partial charge in [-0.05, 0) is 49.0 Å². The van der Waals surface area contributed by atoms with Crippen molar-refractivity contribution in [2.24, 2.45) is 0 Å². The zero-order chi connectivity index (χ0) is 22.7. The molecule has 3 aromatic rings. The van der Waals surface area contributed by atoms with E-state index in [1.165, 1.54) is 12.1 Å². The molecule has 3 aromatic carbocycles. The number of carboxylic acids is 1. The molecule has 0 bridgehead atoms. The first-order valence-corrected chi connectivity index (χ1v) is 9.62. The highest BCUT2D eigenvalue weighted by atomic mass is 19.4. The van der Waals surface area contributed by atoms with Gasteiger partial charge >= 0.3 is 12.1 Å². The molecule has 0 aliphatic rings. The van der Waals surface area contributed by atoms with Crippen LogP contribution in [0.25, 0.3) is 0 Å². The molecule has 3 rings (SSSR count). The molecular weight excluding hydrogens is 407 g/mol. The van der Waals surface area contributed by atoms with Crippen LogP contribution in [-0.4, -0.2) is 24.7 Å². The Morgan fingerprint density at radius 1 is 0.935 bits per heavy atom. The van der Waals surface area contributed by atoms with E-state index >= 15 is 0 Å². The summed E-state index contributed by atoms with van der Waals surface area (Å²) in [6, 6.07) is 23.1. The zero-order valence-corrected chi connectivity index (χ0v) is 17.0. The van der Waals surface area contributed by atoms with Crippen molar-refractivity contribution in [3.8, 4) is 5.75 Å². The van der Waals surface area contributed by atoms with Gasteiger partial charge in [-0.1, -0.05) is 48.5 Å². The fourth-order valence-electron chi connectivity index (χ4n) is 2.78. The highest BCUT2D eigenvalue weighted by Gasteiger charge is 2.30. The van der Waals surface area contributed by atoms with E-state index < -0.39 is 17.7 Å². The SMILES string of the molecule is CNC(CCOc1ccc(C(F)(F)F)cc1)c1ccccc1.O=C(O)c1ccccc1. The lowest BCUT2D eigenvalue weighted by Crippen LogP contribution is -2.19. The Labute approximate surface area is 179 Å². The predicted octanol–water partition coefficient (Wildman–Crippen LogP) is 5.82. The van der Waals surface area contributed by atoms with Crippen molar-refractivity contribution in [3.63, 3.8) is 0 Å². The van der Waals surface area contributed by atoms with E-state index in [0.717, 1.165) is 24.1 Å². The van der Waals surface area contributed by atoms with Crippen LogP contribution < -0.4 is 10.1 Å². The van der Waals surface area contributed by atoms with Crippen LogP contribution in [0.2, 0.25) is 0 Å². The summed E-state index contributed by atoms with van der Waals surface area (Å²) in [5.41, 5.74) is 0.816. The highest BCUT2D eigenvalue weighted by Crippen LogP contribution is 2.30. The topological polar surface area (TPSA) is 58.6 Å². The monoisotopic (exact) mass is 431 g/mol. The Morgan fingerprint density at radius 3 is 1.94 bits per heavy atom. The van der Waals surface area contributed by atoms with Gasteiger partial charge in [-0.3, -0.25) is 0 Å². The van der Waals surface area contributed by atoms with Crippen LogP contribution in [0.4, 0.5) is 13.2 Å². The maximum atomic E-state index is 12.5. The first-order valence-electron chi connectivity index (χ1n) is 9.62. The summed E-state index contributed by atoms with van der Waals surface area (Å²) in [4.78, 5) is 10.2. The Hall–Kier alpha value is -3.32. The van der Waals surface area contributed by atoms with Crippen molar-refractivity contribution in [1.29, 1.82) is 0 Å². The fourth-order valence-corrected chi connectivity index (χ4v) is 2.78. The molecule has 0 fully saturated rings. The number of carbonyl (C=O) groups is 1. The van der Waals surface area contributed by atoms with Crippen molar-refractivity contribution in [2.45, 2.75) is 18.6 Å². The van der Waals surface area contributed by atoms with Crippen molar-refractivity contribution in [1.82, 2.24) is 5.32 Å². The standard InChI is InChI=1S/C17H18F3NO.C7H6O2/c1-21-16(13-5-3-2-4-6-13)11-12-22-15-9-7-14(8-10-15)17(18,19)20;8-7(9)6-4-2-1-3-5-6/h2-10,16,21H,11-12H2,1H3;1-5H,(H,8,9). The van der Waals surface area contributed by atoms with Crippen LogP contribution in [0.1, 0.15) is 33.9 Å². The number of alkyl halides is 3. The molecule has 0 spiro atoms. The highest BCUT2D eigenvalue weighted by molar-refractivity contribution is 5.87. The first-order chi connectivity index (χ1) is 14.8. The predicted molar refractivity (Wildman–Crippen MR) is 113 cm³/mol. The molecule has 2 N–H and O–H groups in total. The minimum atomic E-state index is -4.32. The lowest BCUT2D eigenvalue weighted by Gasteiger charge is -2.17. The van der Waals surface area contributed by atoms with Gasteiger partial charge in [0, 0.05) is 12.5 Å². The van der Waals surface area contributed by atoms with Gasteiger partial charge in [-0.15, -0.1) is 0 Å². The molecule has 1 atom stereocenters. The normalized spacial score (nSPS) is 11.7. The fraction of sp³-hybridized carbons (Fsp3) is 0.208. The van der Waals surface area contributed by atoms with E-state index in [9.17, 15) is 18.0 Å². The molecule has 0 aromatic heterocycles. The molecule has 31 heavy (non-hydrogen) atoms. The van der Waals surface area contributed by atoms with Gasteiger partial charge in [0.05, 0.1) is 17.7 Å². The molecule has 0 aliphatic carbocycles. The number of aromatic carboxylic acids is 1. The van der Waals surface area contributed by atoms with E-state index in [-0.39, 0.29) is 6.04 Å². The Kier molecular flexibility index (Phi) is 9.09. The Bertz CT molecular complexity index is 914. The van der Waals surface area contributed by atoms with E-state index in [2.05, 4.69) is 5.32 Å². The molecule has 0 heterocycles. The number of hydrogen-bond donors (Lipinski definition) is 2. The largest absolute Gasteiger partial charge is 0.494 e. The van der Waals surface area contributed by atoms with Gasteiger partial charge in [0.15, 0.2) is 0 Å². The van der Waals surface area contributed by atoms with Gasteiger partial charge in [0.2, 0.25) is 0 Å². The smallest absolute Gasteiger partial charge is 0.416 e. The quantitative estimate of drug-likeness (QED) is 0.495. The first kappa shape index (κ1) is 24.0.